The Balaban J connectivity index is 1.78. The quantitative estimate of drug-likeness (QED) is 0.588. The summed E-state index contributed by atoms with van der Waals surface area (Å²) in [7, 11) is 0. The highest BCUT2D eigenvalue weighted by atomic mass is 79.9. The number of rotatable bonds is 4. The summed E-state index contributed by atoms with van der Waals surface area (Å²) in [5, 5.41) is 7.37. The van der Waals surface area contributed by atoms with Crippen molar-refractivity contribution in [1.29, 1.82) is 0 Å². The minimum Gasteiger partial charge on any atom is -0.304 e. The van der Waals surface area contributed by atoms with Gasteiger partial charge in [0.1, 0.15) is 10.8 Å². The van der Waals surface area contributed by atoms with Gasteiger partial charge in [0, 0.05) is 26.8 Å². The number of amides is 1. The van der Waals surface area contributed by atoms with Gasteiger partial charge in [0.25, 0.3) is 5.91 Å². The zero-order chi connectivity index (χ0) is 18.0. The molecule has 0 radical (unpaired) electrons. The second kappa shape index (κ2) is 7.56. The van der Waals surface area contributed by atoms with Gasteiger partial charge in [0.05, 0.1) is 6.54 Å². The molecule has 8 heteroatoms. The molecule has 0 aliphatic carbocycles. The first-order chi connectivity index (χ1) is 11.9. The number of halogens is 4. The molecule has 1 heterocycles. The topological polar surface area (TPSA) is 46.9 Å². The van der Waals surface area contributed by atoms with Gasteiger partial charge in [0.15, 0.2) is 5.82 Å². The molecule has 3 rings (SSSR count). The fourth-order valence-electron chi connectivity index (χ4n) is 2.19. The Kier molecular flexibility index (Phi) is 5.42. The highest BCUT2D eigenvalue weighted by Gasteiger charge is 2.14. The van der Waals surface area contributed by atoms with Crippen LogP contribution in [0.1, 0.15) is 15.9 Å². The fraction of sp³-hybridized carbons (Fsp3) is 0.0588. The summed E-state index contributed by atoms with van der Waals surface area (Å²) in [5.41, 5.74) is 0.764. The number of aromatic nitrogens is 2. The van der Waals surface area contributed by atoms with E-state index in [1.165, 1.54) is 23.0 Å². The largest absolute Gasteiger partial charge is 0.304 e. The maximum Gasteiger partial charge on any atom is 0.256 e. The van der Waals surface area contributed by atoms with E-state index >= 15 is 0 Å². The van der Waals surface area contributed by atoms with Gasteiger partial charge in [-0.3, -0.25) is 9.48 Å². The number of benzene rings is 2. The fourth-order valence-corrected chi connectivity index (χ4v) is 2.87. The first kappa shape index (κ1) is 17.9. The molecule has 0 atom stereocenters. The molecule has 0 saturated carbocycles. The van der Waals surface area contributed by atoms with E-state index in [9.17, 15) is 9.18 Å². The normalized spacial score (nSPS) is 10.7. The van der Waals surface area contributed by atoms with Crippen LogP contribution in [0.4, 0.5) is 10.2 Å². The second-order valence-electron chi connectivity index (χ2n) is 5.18. The van der Waals surface area contributed by atoms with Crippen molar-refractivity contribution in [3.05, 3.63) is 80.1 Å². The molecule has 1 amide bonds. The third-order valence-electron chi connectivity index (χ3n) is 3.44. The SMILES string of the molecule is O=C(Nc1nn(Cc2c(F)cccc2Cl)cc1Cl)c1ccc(Br)cc1. The molecule has 1 aromatic heterocycles. The van der Waals surface area contributed by atoms with Gasteiger partial charge < -0.3 is 5.32 Å². The lowest BCUT2D eigenvalue weighted by Crippen LogP contribution is -2.13. The summed E-state index contributed by atoms with van der Waals surface area (Å²) in [6.45, 7) is 0.0966. The van der Waals surface area contributed by atoms with Crippen molar-refractivity contribution in [3.63, 3.8) is 0 Å². The Morgan fingerprint density at radius 3 is 2.56 bits per heavy atom. The number of carbonyl (C=O) groups excluding carboxylic acids is 1. The van der Waals surface area contributed by atoms with Gasteiger partial charge in [-0.25, -0.2) is 4.39 Å². The minimum atomic E-state index is -0.431. The zero-order valence-electron chi connectivity index (χ0n) is 12.6. The molecule has 0 aliphatic rings. The van der Waals surface area contributed by atoms with Crippen molar-refractivity contribution in [2.45, 2.75) is 6.54 Å². The molecule has 3 aromatic rings. The predicted octanol–water partition coefficient (Wildman–Crippen LogP) is 5.39. The van der Waals surface area contributed by atoms with Crippen LogP contribution in [0.25, 0.3) is 0 Å². The number of anilines is 1. The number of nitrogens with one attached hydrogen (secondary N) is 1. The lowest BCUT2D eigenvalue weighted by atomic mass is 10.2. The summed E-state index contributed by atoms with van der Waals surface area (Å²) in [4.78, 5) is 12.2. The predicted molar refractivity (Wildman–Crippen MR) is 99.8 cm³/mol. The minimum absolute atomic E-state index is 0.0966. The Morgan fingerprint density at radius 1 is 1.16 bits per heavy atom. The smallest absolute Gasteiger partial charge is 0.256 e. The summed E-state index contributed by atoms with van der Waals surface area (Å²) < 4.78 is 16.2. The van der Waals surface area contributed by atoms with Crippen LogP contribution in [0.3, 0.4) is 0 Å². The summed E-state index contributed by atoms with van der Waals surface area (Å²) in [6, 6.07) is 11.3. The zero-order valence-corrected chi connectivity index (χ0v) is 15.7. The van der Waals surface area contributed by atoms with E-state index in [2.05, 4.69) is 26.3 Å². The Morgan fingerprint density at radius 2 is 1.88 bits per heavy atom. The number of hydrogen-bond acceptors (Lipinski definition) is 2. The van der Waals surface area contributed by atoms with E-state index in [-0.39, 0.29) is 23.3 Å². The standard InChI is InChI=1S/C17H11BrCl2FN3O/c18-11-6-4-10(5-7-11)17(25)22-16-14(20)9-24(23-16)8-12-13(19)2-1-3-15(12)21/h1-7,9H,8H2,(H,22,23,25). The molecule has 4 nitrogen and oxygen atoms in total. The monoisotopic (exact) mass is 441 g/mol. The van der Waals surface area contributed by atoms with Crippen LogP contribution in [0.15, 0.2) is 53.1 Å². The van der Waals surface area contributed by atoms with E-state index in [4.69, 9.17) is 23.2 Å². The first-order valence-electron chi connectivity index (χ1n) is 7.17. The van der Waals surface area contributed by atoms with Crippen LogP contribution in [-0.2, 0) is 6.54 Å². The average Bonchev–Trinajstić information content (AvgIpc) is 2.91. The van der Waals surface area contributed by atoms with Gasteiger partial charge in [0.2, 0.25) is 0 Å². The molecule has 0 saturated heterocycles. The van der Waals surface area contributed by atoms with Gasteiger partial charge in [-0.1, -0.05) is 45.2 Å². The van der Waals surface area contributed by atoms with Crippen LogP contribution in [-0.4, -0.2) is 15.7 Å². The lowest BCUT2D eigenvalue weighted by molar-refractivity contribution is 0.102. The molecule has 0 fully saturated rings. The molecule has 128 valence electrons. The number of nitrogens with zero attached hydrogens (tertiary/aromatic N) is 2. The third-order valence-corrected chi connectivity index (χ3v) is 4.60. The van der Waals surface area contributed by atoms with Gasteiger partial charge >= 0.3 is 0 Å². The van der Waals surface area contributed by atoms with Crippen LogP contribution in [0.5, 0.6) is 0 Å². The van der Waals surface area contributed by atoms with Crippen molar-refractivity contribution in [3.8, 4) is 0 Å². The van der Waals surface area contributed by atoms with Crippen LogP contribution < -0.4 is 5.32 Å². The molecule has 0 spiro atoms. The van der Waals surface area contributed by atoms with E-state index in [1.807, 2.05) is 0 Å². The molecular weight excluding hydrogens is 432 g/mol. The lowest BCUT2D eigenvalue weighted by Gasteiger charge is -2.06. The van der Waals surface area contributed by atoms with Crippen molar-refractivity contribution >= 4 is 50.9 Å². The number of hydrogen-bond donors (Lipinski definition) is 1. The van der Waals surface area contributed by atoms with Gasteiger partial charge in [-0.2, -0.15) is 5.10 Å². The van der Waals surface area contributed by atoms with E-state index < -0.39 is 5.82 Å². The highest BCUT2D eigenvalue weighted by Crippen LogP contribution is 2.24. The first-order valence-corrected chi connectivity index (χ1v) is 8.71. The Hall–Kier alpha value is -1.89. The summed E-state index contributed by atoms with van der Waals surface area (Å²) >= 11 is 15.4. The summed E-state index contributed by atoms with van der Waals surface area (Å²) in [5.74, 6) is -0.579. The van der Waals surface area contributed by atoms with Crippen LogP contribution in [0.2, 0.25) is 10.0 Å². The third kappa shape index (κ3) is 4.21. The maximum atomic E-state index is 13.9. The van der Waals surface area contributed by atoms with E-state index in [1.54, 1.807) is 30.3 Å². The van der Waals surface area contributed by atoms with Gasteiger partial charge in [-0.05, 0) is 36.4 Å². The van der Waals surface area contributed by atoms with Crippen molar-refractivity contribution in [2.75, 3.05) is 5.32 Å². The van der Waals surface area contributed by atoms with Crippen molar-refractivity contribution < 1.29 is 9.18 Å². The van der Waals surface area contributed by atoms with E-state index in [0.29, 0.717) is 16.1 Å². The van der Waals surface area contributed by atoms with Crippen molar-refractivity contribution in [2.24, 2.45) is 0 Å². The molecule has 25 heavy (non-hydrogen) atoms. The molecular formula is C17H11BrCl2FN3O. The van der Waals surface area contributed by atoms with Crippen LogP contribution >= 0.6 is 39.1 Å². The van der Waals surface area contributed by atoms with E-state index in [0.717, 1.165) is 4.47 Å². The molecule has 0 aliphatic heterocycles. The second-order valence-corrected chi connectivity index (χ2v) is 6.91. The average molecular weight is 443 g/mol. The van der Waals surface area contributed by atoms with Crippen LogP contribution in [0, 0.1) is 5.82 Å². The maximum absolute atomic E-state index is 13.9. The highest BCUT2D eigenvalue weighted by molar-refractivity contribution is 9.10. The Labute approximate surface area is 161 Å². The molecule has 2 aromatic carbocycles. The molecule has 0 unspecified atom stereocenters. The molecule has 1 N–H and O–H groups in total. The van der Waals surface area contributed by atoms with Gasteiger partial charge in [-0.15, -0.1) is 0 Å². The molecule has 0 bridgehead atoms. The Bertz CT molecular complexity index is 908. The number of carbonyl (C=O) groups is 1. The van der Waals surface area contributed by atoms with Crippen molar-refractivity contribution in [1.82, 2.24) is 9.78 Å². The summed E-state index contributed by atoms with van der Waals surface area (Å²) in [6.07, 6.45) is 1.50.